The molecule has 0 heterocycles. The molecule has 0 spiro atoms. The minimum absolute atomic E-state index is 0.125. The van der Waals surface area contributed by atoms with Gasteiger partial charge in [-0.1, -0.05) is 66.2 Å². The van der Waals surface area contributed by atoms with E-state index in [0.29, 0.717) is 17.0 Å². The number of nitrogens with one attached hydrogen (secondary N) is 1. The van der Waals surface area contributed by atoms with E-state index in [1.807, 2.05) is 68.4 Å². The van der Waals surface area contributed by atoms with Crippen molar-refractivity contribution in [2.45, 2.75) is 32.7 Å². The molecule has 1 N–H and O–H groups in total. The first kappa shape index (κ1) is 21.6. The number of hydrazine groups is 1. The molecule has 3 aromatic rings. The highest BCUT2D eigenvalue weighted by molar-refractivity contribution is 6.30. The van der Waals surface area contributed by atoms with Gasteiger partial charge in [-0.25, -0.2) is 0 Å². The van der Waals surface area contributed by atoms with Crippen LogP contribution >= 0.6 is 11.6 Å². The first-order valence-corrected chi connectivity index (χ1v) is 10.4. The number of hydrogen-bond donors (Lipinski definition) is 1. The van der Waals surface area contributed by atoms with E-state index in [0.717, 1.165) is 16.7 Å². The van der Waals surface area contributed by atoms with Crippen LogP contribution in [0, 0.1) is 0 Å². The number of hydrogen-bond acceptors (Lipinski definition) is 2. The average Bonchev–Trinajstić information content (AvgIpc) is 2.77. The molecule has 5 heteroatoms. The standard InChI is InChI=1S/C25H25ClN2O2/c1-18(2)28(27-25(30)21-9-4-3-5-10-21)24(29)17-14-19-8-6-7-11-23(19)20-12-15-22(26)16-13-20/h3-13,15-16,18H,14,17H2,1-2H3,(H,27,30). The van der Waals surface area contributed by atoms with E-state index in [2.05, 4.69) is 5.43 Å². The summed E-state index contributed by atoms with van der Waals surface area (Å²) in [6.07, 6.45) is 0.861. The molecule has 0 unspecified atom stereocenters. The van der Waals surface area contributed by atoms with E-state index in [1.54, 1.807) is 24.3 Å². The molecule has 30 heavy (non-hydrogen) atoms. The normalized spacial score (nSPS) is 10.7. The lowest BCUT2D eigenvalue weighted by atomic mass is 9.96. The predicted octanol–water partition coefficient (Wildman–Crippen LogP) is 5.52. The van der Waals surface area contributed by atoms with E-state index in [-0.39, 0.29) is 24.3 Å². The molecule has 0 saturated carbocycles. The molecule has 3 rings (SSSR count). The number of carbonyl (C=O) groups excluding carboxylic acids is 2. The summed E-state index contributed by atoms with van der Waals surface area (Å²) in [5.41, 5.74) is 6.48. The number of benzene rings is 3. The van der Waals surface area contributed by atoms with E-state index < -0.39 is 0 Å². The molecule has 2 amide bonds. The van der Waals surface area contributed by atoms with E-state index in [1.165, 1.54) is 5.01 Å². The van der Waals surface area contributed by atoms with Crippen molar-refractivity contribution in [1.29, 1.82) is 0 Å². The molecule has 0 aliphatic heterocycles. The zero-order valence-electron chi connectivity index (χ0n) is 17.1. The summed E-state index contributed by atoms with van der Waals surface area (Å²) in [6.45, 7) is 3.76. The Bertz CT molecular complexity index is 1000. The second-order valence-electron chi connectivity index (χ2n) is 7.33. The molecule has 0 aromatic heterocycles. The zero-order valence-corrected chi connectivity index (χ0v) is 17.9. The highest BCUT2D eigenvalue weighted by Crippen LogP contribution is 2.26. The second kappa shape index (κ2) is 10.1. The van der Waals surface area contributed by atoms with Gasteiger partial charge in [-0.05, 0) is 61.2 Å². The largest absolute Gasteiger partial charge is 0.273 e. The molecular formula is C25H25ClN2O2. The molecule has 4 nitrogen and oxygen atoms in total. The third kappa shape index (κ3) is 5.49. The summed E-state index contributed by atoms with van der Waals surface area (Å²) in [5, 5.41) is 2.10. The van der Waals surface area contributed by atoms with Crippen molar-refractivity contribution in [3.05, 3.63) is 95.0 Å². The van der Waals surface area contributed by atoms with Crippen molar-refractivity contribution in [3.8, 4) is 11.1 Å². The number of amides is 2. The van der Waals surface area contributed by atoms with Crippen molar-refractivity contribution in [3.63, 3.8) is 0 Å². The SMILES string of the molecule is CC(C)N(NC(=O)c1ccccc1)C(=O)CCc1ccccc1-c1ccc(Cl)cc1. The topological polar surface area (TPSA) is 49.4 Å². The Morgan fingerprint density at radius 2 is 1.53 bits per heavy atom. The van der Waals surface area contributed by atoms with Gasteiger partial charge in [-0.2, -0.15) is 0 Å². The molecule has 154 valence electrons. The summed E-state index contributed by atoms with van der Waals surface area (Å²) < 4.78 is 0. The van der Waals surface area contributed by atoms with Crippen LogP contribution in [0.5, 0.6) is 0 Å². The summed E-state index contributed by atoms with van der Waals surface area (Å²) in [7, 11) is 0. The Labute approximate surface area is 182 Å². The van der Waals surface area contributed by atoms with Gasteiger partial charge in [-0.15, -0.1) is 0 Å². The van der Waals surface area contributed by atoms with Gasteiger partial charge in [0.2, 0.25) is 5.91 Å². The van der Waals surface area contributed by atoms with Gasteiger partial charge in [0.15, 0.2) is 0 Å². The molecule has 0 fully saturated rings. The van der Waals surface area contributed by atoms with Crippen LogP contribution in [0.1, 0.15) is 36.2 Å². The number of carbonyl (C=O) groups is 2. The first-order valence-electron chi connectivity index (χ1n) is 9.97. The maximum absolute atomic E-state index is 12.9. The lowest BCUT2D eigenvalue weighted by molar-refractivity contribution is -0.135. The molecule has 3 aromatic carbocycles. The summed E-state index contributed by atoms with van der Waals surface area (Å²) >= 11 is 6.01. The smallest absolute Gasteiger partial charge is 0.269 e. The molecule has 0 radical (unpaired) electrons. The fourth-order valence-corrected chi connectivity index (χ4v) is 3.38. The summed E-state index contributed by atoms with van der Waals surface area (Å²) in [6, 6.07) is 24.4. The van der Waals surface area contributed by atoms with Crippen molar-refractivity contribution in [2.75, 3.05) is 0 Å². The van der Waals surface area contributed by atoms with Crippen molar-refractivity contribution < 1.29 is 9.59 Å². The fourth-order valence-electron chi connectivity index (χ4n) is 3.25. The predicted molar refractivity (Wildman–Crippen MR) is 121 cm³/mol. The van der Waals surface area contributed by atoms with Crippen molar-refractivity contribution in [1.82, 2.24) is 10.4 Å². The molecular weight excluding hydrogens is 396 g/mol. The van der Waals surface area contributed by atoms with Gasteiger partial charge in [0.05, 0.1) is 0 Å². The molecule has 0 aliphatic carbocycles. The minimum atomic E-state index is -0.292. The second-order valence-corrected chi connectivity index (χ2v) is 7.76. The van der Waals surface area contributed by atoms with Crippen LogP contribution in [0.15, 0.2) is 78.9 Å². The van der Waals surface area contributed by atoms with Crippen LogP contribution < -0.4 is 5.43 Å². The monoisotopic (exact) mass is 420 g/mol. The number of rotatable bonds is 6. The molecule has 0 bridgehead atoms. The molecule has 0 atom stereocenters. The minimum Gasteiger partial charge on any atom is -0.273 e. The van der Waals surface area contributed by atoms with Crippen LogP contribution in [0.3, 0.4) is 0 Å². The zero-order chi connectivity index (χ0) is 21.5. The lowest BCUT2D eigenvalue weighted by Gasteiger charge is -2.27. The van der Waals surface area contributed by atoms with Crippen LogP contribution in [-0.4, -0.2) is 22.9 Å². The van der Waals surface area contributed by atoms with Gasteiger partial charge in [-0.3, -0.25) is 20.0 Å². The van der Waals surface area contributed by atoms with E-state index in [4.69, 9.17) is 11.6 Å². The maximum Gasteiger partial charge on any atom is 0.269 e. The molecule has 0 aliphatic rings. The Hall–Kier alpha value is -3.11. The third-order valence-corrected chi connectivity index (χ3v) is 5.08. The summed E-state index contributed by atoms with van der Waals surface area (Å²) in [5.74, 6) is -0.417. The Morgan fingerprint density at radius 1 is 0.900 bits per heavy atom. The van der Waals surface area contributed by atoms with Crippen molar-refractivity contribution >= 4 is 23.4 Å². The highest BCUT2D eigenvalue weighted by Gasteiger charge is 2.20. The summed E-state index contributed by atoms with van der Waals surface area (Å²) in [4.78, 5) is 25.4. The van der Waals surface area contributed by atoms with Crippen LogP contribution in [0.25, 0.3) is 11.1 Å². The highest BCUT2D eigenvalue weighted by atomic mass is 35.5. The van der Waals surface area contributed by atoms with Crippen LogP contribution in [0.2, 0.25) is 5.02 Å². The van der Waals surface area contributed by atoms with Crippen LogP contribution in [0.4, 0.5) is 0 Å². The quantitative estimate of drug-likeness (QED) is 0.533. The maximum atomic E-state index is 12.9. The Kier molecular flexibility index (Phi) is 7.26. The van der Waals surface area contributed by atoms with E-state index >= 15 is 0 Å². The fraction of sp³-hybridized carbons (Fsp3) is 0.200. The Morgan fingerprint density at radius 3 is 2.20 bits per heavy atom. The van der Waals surface area contributed by atoms with Crippen LogP contribution in [-0.2, 0) is 11.2 Å². The third-order valence-electron chi connectivity index (χ3n) is 4.82. The van der Waals surface area contributed by atoms with Gasteiger partial charge in [0.25, 0.3) is 5.91 Å². The van der Waals surface area contributed by atoms with Gasteiger partial charge in [0.1, 0.15) is 0 Å². The Balaban J connectivity index is 1.70. The van der Waals surface area contributed by atoms with Gasteiger partial charge >= 0.3 is 0 Å². The number of halogens is 1. The number of aryl methyl sites for hydroxylation is 1. The lowest BCUT2D eigenvalue weighted by Crippen LogP contribution is -2.50. The average molecular weight is 421 g/mol. The van der Waals surface area contributed by atoms with Gasteiger partial charge < -0.3 is 0 Å². The van der Waals surface area contributed by atoms with Gasteiger partial charge in [0, 0.05) is 23.0 Å². The number of nitrogens with zero attached hydrogens (tertiary/aromatic N) is 1. The molecule has 0 saturated heterocycles. The first-order chi connectivity index (χ1) is 14.5. The van der Waals surface area contributed by atoms with Crippen molar-refractivity contribution in [2.24, 2.45) is 0 Å². The van der Waals surface area contributed by atoms with E-state index in [9.17, 15) is 9.59 Å².